The van der Waals surface area contributed by atoms with Crippen LogP contribution in [0.1, 0.15) is 45.4 Å². The van der Waals surface area contributed by atoms with Gasteiger partial charge in [-0.2, -0.15) is 0 Å². The molecule has 1 amide bonds. The van der Waals surface area contributed by atoms with E-state index in [-0.39, 0.29) is 24.5 Å². The van der Waals surface area contributed by atoms with E-state index < -0.39 is 0 Å². The maximum Gasteiger partial charge on any atom is 0.223 e. The van der Waals surface area contributed by atoms with Crippen molar-refractivity contribution in [2.24, 2.45) is 5.92 Å². The first-order chi connectivity index (χ1) is 6.74. The Morgan fingerprint density at radius 1 is 1.36 bits per heavy atom. The van der Waals surface area contributed by atoms with Crippen LogP contribution in [-0.4, -0.2) is 23.7 Å². The first kappa shape index (κ1) is 11.5. The van der Waals surface area contributed by atoms with Crippen LogP contribution in [0.5, 0.6) is 0 Å². The minimum Gasteiger partial charge on any atom is -0.394 e. The molecule has 1 rings (SSSR count). The molecule has 82 valence electrons. The zero-order valence-electron chi connectivity index (χ0n) is 8.96. The average molecular weight is 199 g/mol. The molecular formula is C11H21NO2. The number of carbonyl (C=O) groups excluding carboxylic acids is 1. The molecule has 1 fully saturated rings. The van der Waals surface area contributed by atoms with Gasteiger partial charge in [-0.05, 0) is 19.8 Å². The van der Waals surface area contributed by atoms with Gasteiger partial charge in [-0.3, -0.25) is 4.79 Å². The number of nitrogens with one attached hydrogen (secondary N) is 1. The van der Waals surface area contributed by atoms with Gasteiger partial charge < -0.3 is 10.4 Å². The molecule has 3 heteroatoms. The number of carbonyl (C=O) groups is 1. The fourth-order valence-corrected chi connectivity index (χ4v) is 1.95. The minimum absolute atomic E-state index is 0.0262. The fourth-order valence-electron chi connectivity index (χ4n) is 1.95. The van der Waals surface area contributed by atoms with Crippen molar-refractivity contribution in [3.05, 3.63) is 0 Å². The fraction of sp³-hybridized carbons (Fsp3) is 0.909. The van der Waals surface area contributed by atoms with Crippen LogP contribution in [0.15, 0.2) is 0 Å². The number of amides is 1. The summed E-state index contributed by atoms with van der Waals surface area (Å²) in [6.45, 7) is 1.85. The second-order valence-corrected chi connectivity index (χ2v) is 4.28. The molecule has 3 nitrogen and oxygen atoms in total. The van der Waals surface area contributed by atoms with Crippen LogP contribution in [-0.2, 0) is 4.79 Å². The SMILES string of the molecule is CC(CO)NC(=O)C1CCCCCC1. The van der Waals surface area contributed by atoms with Crippen molar-refractivity contribution >= 4 is 5.91 Å². The van der Waals surface area contributed by atoms with Gasteiger partial charge in [-0.1, -0.05) is 25.7 Å². The maximum absolute atomic E-state index is 11.7. The average Bonchev–Trinajstić information content (AvgIpc) is 2.45. The van der Waals surface area contributed by atoms with Crippen LogP contribution in [0.4, 0.5) is 0 Å². The molecule has 0 aliphatic heterocycles. The summed E-state index contributed by atoms with van der Waals surface area (Å²) in [5.74, 6) is 0.319. The summed E-state index contributed by atoms with van der Waals surface area (Å²) in [6, 6.07) is -0.106. The zero-order valence-corrected chi connectivity index (χ0v) is 8.96. The van der Waals surface area contributed by atoms with Crippen LogP contribution < -0.4 is 5.32 Å². The third-order valence-electron chi connectivity index (χ3n) is 2.89. The Morgan fingerprint density at radius 3 is 2.43 bits per heavy atom. The quantitative estimate of drug-likeness (QED) is 0.676. The molecular weight excluding hydrogens is 178 g/mol. The Bertz CT molecular complexity index is 174. The molecule has 0 aromatic carbocycles. The highest BCUT2D eigenvalue weighted by Crippen LogP contribution is 2.22. The van der Waals surface area contributed by atoms with Crippen LogP contribution in [0, 0.1) is 5.92 Å². The Balaban J connectivity index is 2.34. The predicted molar refractivity (Wildman–Crippen MR) is 55.9 cm³/mol. The van der Waals surface area contributed by atoms with E-state index >= 15 is 0 Å². The van der Waals surface area contributed by atoms with E-state index in [1.165, 1.54) is 25.7 Å². The number of hydrogen-bond acceptors (Lipinski definition) is 2. The van der Waals surface area contributed by atoms with E-state index in [4.69, 9.17) is 5.11 Å². The van der Waals surface area contributed by atoms with Crippen LogP contribution in [0.25, 0.3) is 0 Å². The molecule has 2 N–H and O–H groups in total. The van der Waals surface area contributed by atoms with Crippen LogP contribution in [0.3, 0.4) is 0 Å². The van der Waals surface area contributed by atoms with E-state index in [2.05, 4.69) is 5.32 Å². The number of hydrogen-bond donors (Lipinski definition) is 2. The summed E-state index contributed by atoms with van der Waals surface area (Å²) in [6.07, 6.45) is 6.91. The highest BCUT2D eigenvalue weighted by Gasteiger charge is 2.20. The minimum atomic E-state index is -0.106. The lowest BCUT2D eigenvalue weighted by Gasteiger charge is -2.17. The Labute approximate surface area is 85.9 Å². The number of aliphatic hydroxyl groups is 1. The van der Waals surface area contributed by atoms with Crippen molar-refractivity contribution in [3.8, 4) is 0 Å². The van der Waals surface area contributed by atoms with Crippen LogP contribution >= 0.6 is 0 Å². The second-order valence-electron chi connectivity index (χ2n) is 4.28. The molecule has 1 atom stereocenters. The highest BCUT2D eigenvalue weighted by atomic mass is 16.3. The van der Waals surface area contributed by atoms with Gasteiger partial charge in [0.1, 0.15) is 0 Å². The molecule has 1 aliphatic carbocycles. The molecule has 0 bridgehead atoms. The third-order valence-corrected chi connectivity index (χ3v) is 2.89. The van der Waals surface area contributed by atoms with Gasteiger partial charge in [0, 0.05) is 12.0 Å². The van der Waals surface area contributed by atoms with E-state index in [0.29, 0.717) is 0 Å². The predicted octanol–water partition coefficient (Wildman–Crippen LogP) is 1.45. The van der Waals surface area contributed by atoms with Crippen molar-refractivity contribution in [3.63, 3.8) is 0 Å². The van der Waals surface area contributed by atoms with Crippen LogP contribution in [0.2, 0.25) is 0 Å². The van der Waals surface area contributed by atoms with Gasteiger partial charge in [0.15, 0.2) is 0 Å². The van der Waals surface area contributed by atoms with E-state index in [1.807, 2.05) is 6.92 Å². The summed E-state index contributed by atoms with van der Waals surface area (Å²) in [5, 5.41) is 11.7. The molecule has 0 aromatic rings. The Morgan fingerprint density at radius 2 is 1.93 bits per heavy atom. The Hall–Kier alpha value is -0.570. The van der Waals surface area contributed by atoms with E-state index in [1.54, 1.807) is 0 Å². The molecule has 0 radical (unpaired) electrons. The van der Waals surface area contributed by atoms with E-state index in [9.17, 15) is 4.79 Å². The van der Waals surface area contributed by atoms with Gasteiger partial charge in [-0.25, -0.2) is 0 Å². The standard InChI is InChI=1S/C11H21NO2/c1-9(8-13)12-11(14)10-6-4-2-3-5-7-10/h9-10,13H,2-8H2,1H3,(H,12,14). The molecule has 14 heavy (non-hydrogen) atoms. The van der Waals surface area contributed by atoms with Gasteiger partial charge in [-0.15, -0.1) is 0 Å². The van der Waals surface area contributed by atoms with Gasteiger partial charge in [0.05, 0.1) is 6.61 Å². The topological polar surface area (TPSA) is 49.3 Å². The zero-order chi connectivity index (χ0) is 10.4. The van der Waals surface area contributed by atoms with Crippen molar-refractivity contribution < 1.29 is 9.90 Å². The number of aliphatic hydroxyl groups excluding tert-OH is 1. The monoisotopic (exact) mass is 199 g/mol. The van der Waals surface area contributed by atoms with Gasteiger partial charge >= 0.3 is 0 Å². The first-order valence-electron chi connectivity index (χ1n) is 5.65. The summed E-state index contributed by atoms with van der Waals surface area (Å²) < 4.78 is 0. The molecule has 1 aliphatic rings. The lowest BCUT2D eigenvalue weighted by molar-refractivity contribution is -0.126. The van der Waals surface area contributed by atoms with E-state index in [0.717, 1.165) is 12.8 Å². The van der Waals surface area contributed by atoms with Crippen molar-refractivity contribution in [1.82, 2.24) is 5.32 Å². The number of rotatable bonds is 3. The normalized spacial score (nSPS) is 21.3. The lowest BCUT2D eigenvalue weighted by Crippen LogP contribution is -2.39. The largest absolute Gasteiger partial charge is 0.394 e. The summed E-state index contributed by atoms with van der Waals surface area (Å²) in [4.78, 5) is 11.7. The molecule has 1 saturated carbocycles. The van der Waals surface area contributed by atoms with Crippen molar-refractivity contribution in [1.29, 1.82) is 0 Å². The molecule has 0 saturated heterocycles. The summed E-state index contributed by atoms with van der Waals surface area (Å²) in [5.41, 5.74) is 0. The molecule has 1 unspecified atom stereocenters. The lowest BCUT2D eigenvalue weighted by atomic mass is 9.99. The van der Waals surface area contributed by atoms with Gasteiger partial charge in [0.25, 0.3) is 0 Å². The molecule has 0 heterocycles. The third kappa shape index (κ3) is 3.66. The Kier molecular flexibility index (Phi) is 4.94. The summed E-state index contributed by atoms with van der Waals surface area (Å²) in [7, 11) is 0. The smallest absolute Gasteiger partial charge is 0.223 e. The van der Waals surface area contributed by atoms with Crippen molar-refractivity contribution in [2.45, 2.75) is 51.5 Å². The van der Waals surface area contributed by atoms with Crippen molar-refractivity contribution in [2.75, 3.05) is 6.61 Å². The molecule has 0 aromatic heterocycles. The first-order valence-corrected chi connectivity index (χ1v) is 5.65. The highest BCUT2D eigenvalue weighted by molar-refractivity contribution is 5.78. The second kappa shape index (κ2) is 6.02. The summed E-state index contributed by atoms with van der Waals surface area (Å²) >= 11 is 0. The van der Waals surface area contributed by atoms with Gasteiger partial charge in [0.2, 0.25) is 5.91 Å². The maximum atomic E-state index is 11.7. The molecule has 0 spiro atoms.